The largest absolute Gasteiger partial charge is 0.341 e. The Kier molecular flexibility index (Phi) is 3.33. The summed E-state index contributed by atoms with van der Waals surface area (Å²) in [5.41, 5.74) is 1.52. The molecule has 1 aromatic heterocycles. The number of carbonyl (C=O) groups excluding carboxylic acids is 1. The van der Waals surface area contributed by atoms with Gasteiger partial charge in [0.2, 0.25) is 5.91 Å². The molecular formula is C13H18N4O2. The van der Waals surface area contributed by atoms with E-state index in [9.17, 15) is 9.59 Å². The molecule has 0 bridgehead atoms. The van der Waals surface area contributed by atoms with Gasteiger partial charge in [0, 0.05) is 25.2 Å². The van der Waals surface area contributed by atoms with E-state index in [0.29, 0.717) is 13.0 Å². The summed E-state index contributed by atoms with van der Waals surface area (Å²) in [7, 11) is 0. The van der Waals surface area contributed by atoms with Gasteiger partial charge in [0.15, 0.2) is 0 Å². The van der Waals surface area contributed by atoms with E-state index in [0.717, 1.165) is 43.7 Å². The molecule has 1 amide bonds. The van der Waals surface area contributed by atoms with Gasteiger partial charge in [-0.3, -0.25) is 14.2 Å². The molecule has 2 aliphatic rings. The number of fused-ring (bicyclic) bond motifs is 1. The summed E-state index contributed by atoms with van der Waals surface area (Å²) in [6.07, 6.45) is 4.32. The van der Waals surface area contributed by atoms with Crippen molar-refractivity contribution in [1.82, 2.24) is 19.8 Å². The van der Waals surface area contributed by atoms with E-state index in [-0.39, 0.29) is 18.0 Å². The quantitative estimate of drug-likeness (QED) is 0.781. The average Bonchev–Trinajstić information content (AvgIpc) is 2.96. The molecule has 0 spiro atoms. The summed E-state index contributed by atoms with van der Waals surface area (Å²) < 4.78 is 1.45. The van der Waals surface area contributed by atoms with Crippen LogP contribution < -0.4 is 10.9 Å². The Morgan fingerprint density at radius 2 is 2.16 bits per heavy atom. The number of nitrogens with zero attached hydrogens (tertiary/aromatic N) is 3. The van der Waals surface area contributed by atoms with Crippen molar-refractivity contribution in [3.05, 3.63) is 27.9 Å². The topological polar surface area (TPSA) is 67.2 Å². The number of hydrogen-bond acceptors (Lipinski definition) is 4. The summed E-state index contributed by atoms with van der Waals surface area (Å²) in [5, 5.41) is 3.19. The van der Waals surface area contributed by atoms with Gasteiger partial charge in [-0.1, -0.05) is 0 Å². The number of rotatable bonds is 2. The van der Waals surface area contributed by atoms with Gasteiger partial charge in [-0.15, -0.1) is 0 Å². The summed E-state index contributed by atoms with van der Waals surface area (Å²) in [4.78, 5) is 30.5. The van der Waals surface area contributed by atoms with Crippen molar-refractivity contribution in [3.63, 3.8) is 0 Å². The van der Waals surface area contributed by atoms with Crippen molar-refractivity contribution in [3.8, 4) is 0 Å². The molecule has 19 heavy (non-hydrogen) atoms. The van der Waals surface area contributed by atoms with Crippen molar-refractivity contribution >= 4 is 5.91 Å². The molecule has 3 heterocycles. The highest BCUT2D eigenvalue weighted by Gasteiger charge is 2.20. The zero-order valence-corrected chi connectivity index (χ0v) is 10.9. The lowest BCUT2D eigenvalue weighted by Gasteiger charge is -2.19. The lowest BCUT2D eigenvalue weighted by molar-refractivity contribution is -0.130. The van der Waals surface area contributed by atoms with Gasteiger partial charge in [0.25, 0.3) is 5.56 Å². The second-order valence-electron chi connectivity index (χ2n) is 5.12. The van der Waals surface area contributed by atoms with Crippen LogP contribution in [0.4, 0.5) is 0 Å². The average molecular weight is 262 g/mol. The van der Waals surface area contributed by atoms with E-state index in [1.807, 2.05) is 4.90 Å². The second-order valence-corrected chi connectivity index (χ2v) is 5.12. The number of amides is 1. The van der Waals surface area contributed by atoms with Crippen molar-refractivity contribution in [1.29, 1.82) is 0 Å². The van der Waals surface area contributed by atoms with E-state index in [1.54, 1.807) is 0 Å². The van der Waals surface area contributed by atoms with Crippen LogP contribution in [0.1, 0.15) is 24.1 Å². The number of nitrogens with one attached hydrogen (secondary N) is 1. The first-order valence-corrected chi connectivity index (χ1v) is 6.81. The normalized spacial score (nSPS) is 18.4. The number of likely N-dealkylation sites (tertiary alicyclic amines) is 1. The Morgan fingerprint density at radius 1 is 1.37 bits per heavy atom. The van der Waals surface area contributed by atoms with E-state index in [4.69, 9.17) is 0 Å². The molecule has 0 radical (unpaired) electrons. The SMILES string of the molecule is O=C(Cn1cnc2c(c1=O)CCNC2)N1CCCC1. The second kappa shape index (κ2) is 5.13. The standard InChI is InChI=1S/C13H18N4O2/c18-12(16-5-1-2-6-16)8-17-9-15-11-7-14-4-3-10(11)13(17)19/h9,14H,1-8H2. The van der Waals surface area contributed by atoms with Gasteiger partial charge < -0.3 is 10.2 Å². The number of hydrogen-bond donors (Lipinski definition) is 1. The molecule has 0 aromatic carbocycles. The minimum absolute atomic E-state index is 0.0234. The smallest absolute Gasteiger partial charge is 0.257 e. The van der Waals surface area contributed by atoms with Crippen molar-refractivity contribution in [2.75, 3.05) is 19.6 Å². The molecule has 0 atom stereocenters. The molecule has 3 rings (SSSR count). The number of carbonyl (C=O) groups is 1. The molecule has 0 saturated carbocycles. The molecule has 0 aliphatic carbocycles. The molecule has 0 unspecified atom stereocenters. The van der Waals surface area contributed by atoms with Gasteiger partial charge in [-0.05, 0) is 25.8 Å². The van der Waals surface area contributed by atoms with Crippen LogP contribution in [-0.4, -0.2) is 40.0 Å². The highest BCUT2D eigenvalue weighted by Crippen LogP contribution is 2.09. The Morgan fingerprint density at radius 3 is 2.95 bits per heavy atom. The van der Waals surface area contributed by atoms with Crippen molar-refractivity contribution < 1.29 is 4.79 Å². The van der Waals surface area contributed by atoms with Crippen LogP contribution in [0.5, 0.6) is 0 Å². The van der Waals surface area contributed by atoms with E-state index in [2.05, 4.69) is 10.3 Å². The monoisotopic (exact) mass is 262 g/mol. The first-order chi connectivity index (χ1) is 9.25. The van der Waals surface area contributed by atoms with Crippen LogP contribution in [0.3, 0.4) is 0 Å². The maximum absolute atomic E-state index is 12.3. The first kappa shape index (κ1) is 12.3. The van der Waals surface area contributed by atoms with Gasteiger partial charge in [-0.2, -0.15) is 0 Å². The van der Waals surface area contributed by atoms with Crippen LogP contribution in [-0.2, 0) is 24.3 Å². The third-order valence-electron chi connectivity index (χ3n) is 3.83. The Balaban J connectivity index is 1.81. The fraction of sp³-hybridized carbons (Fsp3) is 0.615. The van der Waals surface area contributed by atoms with Crippen LogP contribution in [0.25, 0.3) is 0 Å². The molecule has 2 aliphatic heterocycles. The fourth-order valence-electron chi connectivity index (χ4n) is 2.72. The molecular weight excluding hydrogens is 244 g/mol. The number of aromatic nitrogens is 2. The summed E-state index contributed by atoms with van der Waals surface area (Å²) in [6, 6.07) is 0. The van der Waals surface area contributed by atoms with E-state index < -0.39 is 0 Å². The minimum Gasteiger partial charge on any atom is -0.341 e. The van der Waals surface area contributed by atoms with Crippen LogP contribution in [0.2, 0.25) is 0 Å². The van der Waals surface area contributed by atoms with Crippen molar-refractivity contribution in [2.45, 2.75) is 32.4 Å². The maximum atomic E-state index is 12.3. The van der Waals surface area contributed by atoms with Crippen LogP contribution >= 0.6 is 0 Å². The van der Waals surface area contributed by atoms with Gasteiger partial charge in [0.05, 0.1) is 12.0 Å². The first-order valence-electron chi connectivity index (χ1n) is 6.81. The Hall–Kier alpha value is -1.69. The van der Waals surface area contributed by atoms with E-state index in [1.165, 1.54) is 10.9 Å². The molecule has 1 N–H and O–H groups in total. The van der Waals surface area contributed by atoms with Gasteiger partial charge >= 0.3 is 0 Å². The van der Waals surface area contributed by atoms with Crippen LogP contribution in [0.15, 0.2) is 11.1 Å². The van der Waals surface area contributed by atoms with Crippen LogP contribution in [0, 0.1) is 0 Å². The predicted octanol–water partition coefficient (Wildman–Crippen LogP) is -0.489. The zero-order valence-electron chi connectivity index (χ0n) is 10.9. The van der Waals surface area contributed by atoms with Gasteiger partial charge in [-0.25, -0.2) is 4.98 Å². The maximum Gasteiger partial charge on any atom is 0.257 e. The molecule has 6 heteroatoms. The fourth-order valence-corrected chi connectivity index (χ4v) is 2.72. The predicted molar refractivity (Wildman–Crippen MR) is 69.7 cm³/mol. The zero-order chi connectivity index (χ0) is 13.2. The molecule has 6 nitrogen and oxygen atoms in total. The minimum atomic E-state index is -0.0564. The lowest BCUT2D eigenvalue weighted by atomic mass is 10.1. The van der Waals surface area contributed by atoms with E-state index >= 15 is 0 Å². The highest BCUT2D eigenvalue weighted by atomic mass is 16.2. The molecule has 1 saturated heterocycles. The Bertz CT molecular complexity index is 546. The van der Waals surface area contributed by atoms with Gasteiger partial charge in [0.1, 0.15) is 6.54 Å². The lowest BCUT2D eigenvalue weighted by Crippen LogP contribution is -2.38. The molecule has 1 fully saturated rings. The third-order valence-corrected chi connectivity index (χ3v) is 3.83. The molecule has 102 valence electrons. The highest BCUT2D eigenvalue weighted by molar-refractivity contribution is 5.76. The Labute approximate surface area is 111 Å². The summed E-state index contributed by atoms with van der Waals surface area (Å²) >= 11 is 0. The van der Waals surface area contributed by atoms with Crippen molar-refractivity contribution in [2.24, 2.45) is 0 Å². The summed E-state index contributed by atoms with van der Waals surface area (Å²) in [6.45, 7) is 3.19. The summed E-state index contributed by atoms with van der Waals surface area (Å²) in [5.74, 6) is 0.0234. The molecule has 1 aromatic rings. The third kappa shape index (κ3) is 2.40.